The highest BCUT2D eigenvalue weighted by Gasteiger charge is 2.74. The van der Waals surface area contributed by atoms with Crippen molar-refractivity contribution < 1.29 is 0 Å². The molecule has 0 bridgehead atoms. The largest absolute Gasteiger partial charge is 0.0727 e. The van der Waals surface area contributed by atoms with Crippen molar-refractivity contribution in [3.8, 4) is 0 Å². The van der Waals surface area contributed by atoms with Crippen LogP contribution in [0.4, 0.5) is 0 Å². The summed E-state index contributed by atoms with van der Waals surface area (Å²) in [4.78, 5) is 0. The Morgan fingerprint density at radius 3 is 2.69 bits per heavy atom. The number of fused-ring (bicyclic) bond motifs is 3. The zero-order valence-corrected chi connectivity index (χ0v) is 7.59. The van der Waals surface area contributed by atoms with Crippen LogP contribution in [0.5, 0.6) is 0 Å². The second kappa shape index (κ2) is 1.61. The summed E-state index contributed by atoms with van der Waals surface area (Å²) in [6, 6.07) is 8.89. The van der Waals surface area contributed by atoms with Gasteiger partial charge in [-0.05, 0) is 35.8 Å². The average Bonchev–Trinajstić information content (AvgIpc) is 3.02. The van der Waals surface area contributed by atoms with Crippen LogP contribution in [0.25, 0.3) is 6.08 Å². The van der Waals surface area contributed by atoms with Crippen LogP contribution in [-0.2, 0) is 5.41 Å². The van der Waals surface area contributed by atoms with Gasteiger partial charge in [0.1, 0.15) is 0 Å². The van der Waals surface area contributed by atoms with Crippen molar-refractivity contribution >= 4 is 6.08 Å². The highest BCUT2D eigenvalue weighted by atomic mass is 14.8. The molecule has 2 spiro atoms. The van der Waals surface area contributed by atoms with E-state index in [1.807, 2.05) is 0 Å². The minimum Gasteiger partial charge on any atom is -0.0727 e. The number of allylic oxidation sites excluding steroid dienone is 1. The van der Waals surface area contributed by atoms with Gasteiger partial charge in [0.15, 0.2) is 0 Å². The molecule has 2 fully saturated rings. The van der Waals surface area contributed by atoms with E-state index in [0.29, 0.717) is 5.41 Å². The Balaban J connectivity index is 1.97. The Labute approximate surface area is 78.3 Å². The maximum Gasteiger partial charge on any atom is 0.0204 e. The molecule has 4 rings (SSSR count). The van der Waals surface area contributed by atoms with Crippen LogP contribution < -0.4 is 0 Å². The van der Waals surface area contributed by atoms with Crippen molar-refractivity contribution in [2.24, 2.45) is 5.41 Å². The fraction of sp³-hybridized carbons (Fsp3) is 0.385. The molecule has 3 aliphatic carbocycles. The van der Waals surface area contributed by atoms with E-state index < -0.39 is 0 Å². The van der Waals surface area contributed by atoms with Gasteiger partial charge >= 0.3 is 0 Å². The second-order valence-electron chi connectivity index (χ2n) is 4.85. The van der Waals surface area contributed by atoms with Crippen molar-refractivity contribution in [1.29, 1.82) is 0 Å². The summed E-state index contributed by atoms with van der Waals surface area (Å²) in [7, 11) is 0. The summed E-state index contributed by atoms with van der Waals surface area (Å²) in [6.45, 7) is 0. The van der Waals surface area contributed by atoms with Gasteiger partial charge in [-0.2, -0.15) is 0 Å². The Morgan fingerprint density at radius 2 is 1.92 bits per heavy atom. The quantitative estimate of drug-likeness (QED) is 0.558. The van der Waals surface area contributed by atoms with E-state index in [1.165, 1.54) is 24.8 Å². The van der Waals surface area contributed by atoms with Crippen molar-refractivity contribution in [3.63, 3.8) is 0 Å². The third kappa shape index (κ3) is 0.551. The predicted octanol–water partition coefficient (Wildman–Crippen LogP) is 3.14. The molecule has 1 atom stereocenters. The fourth-order valence-corrected chi connectivity index (χ4v) is 3.25. The molecule has 0 nitrogen and oxygen atoms in total. The Kier molecular flexibility index (Phi) is 0.797. The molecule has 0 amide bonds. The minimum absolute atomic E-state index is 0.504. The van der Waals surface area contributed by atoms with Gasteiger partial charge in [0, 0.05) is 5.41 Å². The van der Waals surface area contributed by atoms with Gasteiger partial charge in [0.25, 0.3) is 0 Å². The standard InChI is InChI=1S/C13H12/c1-2-4-11-10(3-1)5-6-13(11)9-12(13)7-8-12/h1-6H,7-9H2. The lowest BCUT2D eigenvalue weighted by molar-refractivity contribution is 0.736. The summed E-state index contributed by atoms with van der Waals surface area (Å²) >= 11 is 0. The molecule has 2 saturated carbocycles. The predicted molar refractivity (Wildman–Crippen MR) is 53.4 cm³/mol. The molecule has 0 N–H and O–H groups in total. The Hall–Kier alpha value is -1.04. The molecule has 0 saturated heterocycles. The first-order valence-electron chi connectivity index (χ1n) is 5.15. The maximum atomic E-state index is 2.46. The van der Waals surface area contributed by atoms with Gasteiger partial charge in [0.05, 0.1) is 0 Å². The molecule has 0 aromatic heterocycles. The van der Waals surface area contributed by atoms with E-state index in [9.17, 15) is 0 Å². The van der Waals surface area contributed by atoms with Crippen LogP contribution in [0.3, 0.4) is 0 Å². The lowest BCUT2D eigenvalue weighted by Crippen LogP contribution is -2.03. The molecule has 64 valence electrons. The summed E-state index contributed by atoms with van der Waals surface area (Å²) in [5, 5.41) is 0. The van der Waals surface area contributed by atoms with Crippen LogP contribution >= 0.6 is 0 Å². The number of benzene rings is 1. The summed E-state index contributed by atoms with van der Waals surface area (Å²) < 4.78 is 0. The average molecular weight is 168 g/mol. The highest BCUT2D eigenvalue weighted by Crippen LogP contribution is 2.80. The molecule has 1 unspecified atom stereocenters. The summed E-state index contributed by atoms with van der Waals surface area (Å²) in [5.74, 6) is 0. The van der Waals surface area contributed by atoms with Crippen LogP contribution in [0.15, 0.2) is 30.3 Å². The molecule has 1 aromatic carbocycles. The zero-order valence-electron chi connectivity index (χ0n) is 7.59. The van der Waals surface area contributed by atoms with Crippen molar-refractivity contribution in [2.45, 2.75) is 24.7 Å². The summed E-state index contributed by atoms with van der Waals surface area (Å²) in [5.41, 5.74) is 4.30. The molecule has 0 aliphatic heterocycles. The van der Waals surface area contributed by atoms with Crippen molar-refractivity contribution in [3.05, 3.63) is 41.5 Å². The van der Waals surface area contributed by atoms with E-state index in [2.05, 4.69) is 36.4 Å². The van der Waals surface area contributed by atoms with Crippen LogP contribution in [0.1, 0.15) is 30.4 Å². The smallest absolute Gasteiger partial charge is 0.0204 e. The second-order valence-corrected chi connectivity index (χ2v) is 4.85. The number of rotatable bonds is 0. The molecular weight excluding hydrogens is 156 g/mol. The van der Waals surface area contributed by atoms with E-state index in [0.717, 1.165) is 5.41 Å². The lowest BCUT2D eigenvalue weighted by Gasteiger charge is -2.09. The minimum atomic E-state index is 0.504. The Bertz CT molecular complexity index is 423. The van der Waals surface area contributed by atoms with Gasteiger partial charge in [-0.15, -0.1) is 0 Å². The first kappa shape index (κ1) is 6.42. The third-order valence-electron chi connectivity index (χ3n) is 4.28. The van der Waals surface area contributed by atoms with Gasteiger partial charge in [-0.25, -0.2) is 0 Å². The monoisotopic (exact) mass is 168 g/mol. The molecule has 3 aliphatic rings. The van der Waals surface area contributed by atoms with Crippen LogP contribution in [0.2, 0.25) is 0 Å². The first-order chi connectivity index (χ1) is 6.36. The Morgan fingerprint density at radius 1 is 1.08 bits per heavy atom. The van der Waals surface area contributed by atoms with E-state index in [1.54, 1.807) is 5.56 Å². The van der Waals surface area contributed by atoms with Gasteiger partial charge < -0.3 is 0 Å². The molecule has 0 radical (unpaired) electrons. The van der Waals surface area contributed by atoms with Crippen molar-refractivity contribution in [2.75, 3.05) is 0 Å². The maximum absolute atomic E-state index is 2.46. The van der Waals surface area contributed by atoms with Gasteiger partial charge in [0.2, 0.25) is 0 Å². The summed E-state index contributed by atoms with van der Waals surface area (Å²) in [6.07, 6.45) is 9.14. The topological polar surface area (TPSA) is 0 Å². The fourth-order valence-electron chi connectivity index (χ4n) is 3.25. The third-order valence-corrected chi connectivity index (χ3v) is 4.28. The van der Waals surface area contributed by atoms with Crippen LogP contribution in [0, 0.1) is 5.41 Å². The molecule has 13 heavy (non-hydrogen) atoms. The van der Waals surface area contributed by atoms with Crippen LogP contribution in [-0.4, -0.2) is 0 Å². The van der Waals surface area contributed by atoms with E-state index in [4.69, 9.17) is 0 Å². The normalized spacial score (nSPS) is 35.4. The van der Waals surface area contributed by atoms with E-state index >= 15 is 0 Å². The number of hydrogen-bond acceptors (Lipinski definition) is 0. The van der Waals surface area contributed by atoms with E-state index in [-0.39, 0.29) is 0 Å². The van der Waals surface area contributed by atoms with Crippen molar-refractivity contribution in [1.82, 2.24) is 0 Å². The zero-order chi connectivity index (χ0) is 8.52. The molecule has 1 aromatic rings. The molecule has 0 heterocycles. The molecule has 0 heteroatoms. The van der Waals surface area contributed by atoms with Gasteiger partial charge in [-0.3, -0.25) is 0 Å². The van der Waals surface area contributed by atoms with Gasteiger partial charge in [-0.1, -0.05) is 36.4 Å². The number of hydrogen-bond donors (Lipinski definition) is 0. The lowest BCUT2D eigenvalue weighted by atomic mass is 9.94. The SMILES string of the molecule is C1=CC2(CC23CC3)c2ccccc21. The molecular formula is C13H12. The highest BCUT2D eigenvalue weighted by molar-refractivity contribution is 5.70. The first-order valence-corrected chi connectivity index (χ1v) is 5.15.